The number of nitrogens with zero attached hydrogens (tertiary/aromatic N) is 2. The van der Waals surface area contributed by atoms with Crippen LogP contribution in [-0.4, -0.2) is 18.2 Å². The molecule has 0 aliphatic rings. The summed E-state index contributed by atoms with van der Waals surface area (Å²) in [5.74, 6) is 0. The summed E-state index contributed by atoms with van der Waals surface area (Å²) in [6, 6.07) is 5.47. The SMILES string of the molecule is Cc1cc(I)ccc1NS(=O)(=O)c1c(C)nn(C)c1Cl. The Morgan fingerprint density at radius 2 is 2.00 bits per heavy atom. The van der Waals surface area contributed by atoms with Gasteiger partial charge in [0.1, 0.15) is 10.0 Å². The molecule has 0 spiro atoms. The number of rotatable bonds is 3. The molecule has 108 valence electrons. The van der Waals surface area contributed by atoms with Gasteiger partial charge in [0.2, 0.25) is 0 Å². The lowest BCUT2D eigenvalue weighted by Gasteiger charge is -2.10. The number of nitrogens with one attached hydrogen (secondary N) is 1. The van der Waals surface area contributed by atoms with Crippen LogP contribution in [0.5, 0.6) is 0 Å². The van der Waals surface area contributed by atoms with Gasteiger partial charge in [0.15, 0.2) is 0 Å². The smallest absolute Gasteiger partial charge is 0.266 e. The van der Waals surface area contributed by atoms with E-state index in [-0.39, 0.29) is 10.0 Å². The monoisotopic (exact) mass is 425 g/mol. The minimum absolute atomic E-state index is 0.0135. The third-order valence-electron chi connectivity index (χ3n) is 2.80. The number of benzene rings is 1. The molecule has 0 aliphatic heterocycles. The van der Waals surface area contributed by atoms with Crippen LogP contribution in [0.2, 0.25) is 5.15 Å². The number of aryl methyl sites for hydroxylation is 3. The summed E-state index contributed by atoms with van der Waals surface area (Å²) in [5.41, 5.74) is 1.75. The van der Waals surface area contributed by atoms with Crippen molar-refractivity contribution in [2.24, 2.45) is 7.05 Å². The molecule has 1 aromatic heterocycles. The highest BCUT2D eigenvalue weighted by molar-refractivity contribution is 14.1. The quantitative estimate of drug-likeness (QED) is 0.769. The summed E-state index contributed by atoms with van der Waals surface area (Å²) < 4.78 is 29.8. The van der Waals surface area contributed by atoms with Gasteiger partial charge in [0.05, 0.1) is 11.4 Å². The highest BCUT2D eigenvalue weighted by Crippen LogP contribution is 2.27. The van der Waals surface area contributed by atoms with Gasteiger partial charge >= 0.3 is 0 Å². The molecule has 0 saturated carbocycles. The molecule has 0 unspecified atom stereocenters. The maximum atomic E-state index is 12.4. The molecule has 0 atom stereocenters. The number of hydrogen-bond donors (Lipinski definition) is 1. The third kappa shape index (κ3) is 2.94. The summed E-state index contributed by atoms with van der Waals surface area (Å²) in [6.07, 6.45) is 0. The Hall–Kier alpha value is -0.800. The van der Waals surface area contributed by atoms with Gasteiger partial charge in [-0.2, -0.15) is 5.10 Å². The Kier molecular flexibility index (Phi) is 4.31. The summed E-state index contributed by atoms with van der Waals surface area (Å²) in [7, 11) is -2.16. The molecule has 0 bridgehead atoms. The van der Waals surface area contributed by atoms with Crippen LogP contribution >= 0.6 is 34.2 Å². The van der Waals surface area contributed by atoms with Gasteiger partial charge in [-0.25, -0.2) is 8.42 Å². The van der Waals surface area contributed by atoms with Crippen LogP contribution in [0, 0.1) is 17.4 Å². The zero-order chi connectivity index (χ0) is 15.1. The Balaban J connectivity index is 2.46. The molecule has 0 saturated heterocycles. The lowest BCUT2D eigenvalue weighted by atomic mass is 10.2. The number of sulfonamides is 1. The predicted octanol–water partition coefficient (Wildman–Crippen LogP) is 3.10. The van der Waals surface area contributed by atoms with Crippen molar-refractivity contribution in [3.05, 3.63) is 38.2 Å². The molecule has 20 heavy (non-hydrogen) atoms. The Morgan fingerprint density at radius 3 is 2.50 bits per heavy atom. The van der Waals surface area contributed by atoms with E-state index in [0.29, 0.717) is 11.4 Å². The van der Waals surface area contributed by atoms with Crippen molar-refractivity contribution in [2.75, 3.05) is 4.72 Å². The maximum absolute atomic E-state index is 12.4. The van der Waals surface area contributed by atoms with E-state index >= 15 is 0 Å². The lowest BCUT2D eigenvalue weighted by Crippen LogP contribution is -2.15. The largest absolute Gasteiger partial charge is 0.279 e. The van der Waals surface area contributed by atoms with Crippen molar-refractivity contribution in [2.45, 2.75) is 18.7 Å². The standard InChI is InChI=1S/C12H13ClIN3O2S/c1-7-6-9(14)4-5-10(7)16-20(18,19)11-8(2)15-17(3)12(11)13/h4-6,16H,1-3H3. The van der Waals surface area contributed by atoms with E-state index in [1.165, 1.54) is 4.68 Å². The van der Waals surface area contributed by atoms with E-state index in [0.717, 1.165) is 9.13 Å². The van der Waals surface area contributed by atoms with Gasteiger partial charge in [-0.15, -0.1) is 0 Å². The first-order valence-electron chi connectivity index (χ1n) is 5.70. The van der Waals surface area contributed by atoms with Crippen LogP contribution in [0.15, 0.2) is 23.1 Å². The summed E-state index contributed by atoms with van der Waals surface area (Å²) in [4.78, 5) is 0.0135. The van der Waals surface area contributed by atoms with E-state index in [1.807, 2.05) is 19.1 Å². The molecule has 5 nitrogen and oxygen atoms in total. The molecule has 2 rings (SSSR count). The molecule has 1 aromatic carbocycles. The van der Waals surface area contributed by atoms with Crippen molar-refractivity contribution in [1.29, 1.82) is 0 Å². The van der Waals surface area contributed by atoms with Gasteiger partial charge in [0, 0.05) is 10.6 Å². The molecule has 0 amide bonds. The van der Waals surface area contributed by atoms with Gasteiger partial charge < -0.3 is 0 Å². The van der Waals surface area contributed by atoms with Gasteiger partial charge in [-0.05, 0) is 60.2 Å². The van der Waals surface area contributed by atoms with E-state index in [2.05, 4.69) is 32.4 Å². The second-order valence-electron chi connectivity index (χ2n) is 4.39. The minimum Gasteiger partial charge on any atom is -0.279 e. The van der Waals surface area contributed by atoms with Crippen molar-refractivity contribution >= 4 is 49.9 Å². The maximum Gasteiger partial charge on any atom is 0.266 e. The number of hydrogen-bond acceptors (Lipinski definition) is 3. The highest BCUT2D eigenvalue weighted by Gasteiger charge is 2.25. The molecular formula is C12H13ClIN3O2S. The molecule has 0 radical (unpaired) electrons. The van der Waals surface area contributed by atoms with Gasteiger partial charge in [-0.1, -0.05) is 11.6 Å². The summed E-state index contributed by atoms with van der Waals surface area (Å²) in [5, 5.41) is 4.11. The zero-order valence-electron chi connectivity index (χ0n) is 11.1. The number of halogens is 2. The molecular weight excluding hydrogens is 413 g/mol. The molecule has 2 aromatic rings. The van der Waals surface area contributed by atoms with Crippen LogP contribution in [0.4, 0.5) is 5.69 Å². The molecule has 0 fully saturated rings. The molecule has 1 heterocycles. The zero-order valence-corrected chi connectivity index (χ0v) is 14.8. The molecule has 0 aliphatic carbocycles. The second kappa shape index (κ2) is 5.53. The van der Waals surface area contributed by atoms with E-state index in [1.54, 1.807) is 20.0 Å². The predicted molar refractivity (Wildman–Crippen MR) is 87.7 cm³/mol. The van der Waals surface area contributed by atoms with Crippen molar-refractivity contribution in [3.63, 3.8) is 0 Å². The fourth-order valence-electron chi connectivity index (χ4n) is 1.85. The van der Waals surface area contributed by atoms with E-state index in [9.17, 15) is 8.42 Å². The van der Waals surface area contributed by atoms with Crippen LogP contribution in [0.25, 0.3) is 0 Å². The summed E-state index contributed by atoms with van der Waals surface area (Å²) in [6.45, 7) is 3.46. The average Bonchev–Trinajstić information content (AvgIpc) is 2.57. The van der Waals surface area contributed by atoms with Gasteiger partial charge in [-0.3, -0.25) is 9.40 Å². The highest BCUT2D eigenvalue weighted by atomic mass is 127. The number of aromatic nitrogens is 2. The van der Waals surface area contributed by atoms with Crippen LogP contribution in [0.1, 0.15) is 11.3 Å². The first-order valence-corrected chi connectivity index (χ1v) is 8.64. The lowest BCUT2D eigenvalue weighted by molar-refractivity contribution is 0.600. The van der Waals surface area contributed by atoms with Crippen molar-refractivity contribution in [3.8, 4) is 0 Å². The Bertz CT molecular complexity index is 771. The minimum atomic E-state index is -3.76. The average molecular weight is 426 g/mol. The van der Waals surface area contributed by atoms with Crippen LogP contribution in [-0.2, 0) is 17.1 Å². The fraction of sp³-hybridized carbons (Fsp3) is 0.250. The van der Waals surface area contributed by atoms with E-state index < -0.39 is 10.0 Å². The van der Waals surface area contributed by atoms with Crippen LogP contribution in [0.3, 0.4) is 0 Å². The van der Waals surface area contributed by atoms with E-state index in [4.69, 9.17) is 11.6 Å². The molecule has 1 N–H and O–H groups in total. The Morgan fingerprint density at radius 1 is 1.35 bits per heavy atom. The number of anilines is 1. The van der Waals surface area contributed by atoms with Gasteiger partial charge in [0.25, 0.3) is 10.0 Å². The van der Waals surface area contributed by atoms with Crippen molar-refractivity contribution in [1.82, 2.24) is 9.78 Å². The summed E-state index contributed by atoms with van der Waals surface area (Å²) >= 11 is 8.18. The van der Waals surface area contributed by atoms with Crippen molar-refractivity contribution < 1.29 is 8.42 Å². The topological polar surface area (TPSA) is 64.0 Å². The normalized spacial score (nSPS) is 11.7. The second-order valence-corrected chi connectivity index (χ2v) is 7.62. The first kappa shape index (κ1) is 15.6. The Labute approximate surface area is 136 Å². The fourth-order valence-corrected chi connectivity index (χ4v) is 4.38. The molecule has 8 heteroatoms. The first-order chi connectivity index (χ1) is 9.22. The van der Waals surface area contributed by atoms with Crippen LogP contribution < -0.4 is 4.72 Å². The third-order valence-corrected chi connectivity index (χ3v) is 5.53.